The third-order valence-corrected chi connectivity index (χ3v) is 3.80. The van der Waals surface area contributed by atoms with Gasteiger partial charge in [0.1, 0.15) is 0 Å². The molecule has 0 aromatic carbocycles. The zero-order valence-corrected chi connectivity index (χ0v) is 11.3. The van der Waals surface area contributed by atoms with Gasteiger partial charge in [-0.3, -0.25) is 4.98 Å². The molecule has 2 nitrogen and oxygen atoms in total. The van der Waals surface area contributed by atoms with Crippen LogP contribution in [0.1, 0.15) is 34.7 Å². The first-order valence-electron chi connectivity index (χ1n) is 5.93. The van der Waals surface area contributed by atoms with E-state index in [9.17, 15) is 0 Å². The summed E-state index contributed by atoms with van der Waals surface area (Å²) < 4.78 is 0. The lowest BCUT2D eigenvalue weighted by molar-refractivity contribution is 0.611. The smallest absolute Gasteiger partial charge is 0.0764 e. The van der Waals surface area contributed by atoms with E-state index in [1.165, 1.54) is 16.0 Å². The van der Waals surface area contributed by atoms with Crippen molar-refractivity contribution in [3.05, 3.63) is 51.5 Å². The maximum atomic E-state index is 4.54. The molecule has 0 fully saturated rings. The average Bonchev–Trinajstić information content (AvgIpc) is 2.74. The van der Waals surface area contributed by atoms with E-state index in [4.69, 9.17) is 0 Å². The number of thiophene rings is 1. The molecule has 1 unspecified atom stereocenters. The van der Waals surface area contributed by atoms with Gasteiger partial charge in [0.15, 0.2) is 0 Å². The fourth-order valence-electron chi connectivity index (χ4n) is 2.05. The van der Waals surface area contributed by atoms with E-state index in [-0.39, 0.29) is 6.04 Å². The Morgan fingerprint density at radius 2 is 2.18 bits per heavy atom. The van der Waals surface area contributed by atoms with Crippen LogP contribution in [0.4, 0.5) is 0 Å². The first kappa shape index (κ1) is 12.3. The monoisotopic (exact) mass is 246 g/mol. The quantitative estimate of drug-likeness (QED) is 0.893. The highest BCUT2D eigenvalue weighted by atomic mass is 32.1. The molecule has 0 radical (unpaired) electrons. The predicted octanol–water partition coefficient (Wildman–Crippen LogP) is 3.46. The lowest BCUT2D eigenvalue weighted by Gasteiger charge is -2.19. The van der Waals surface area contributed by atoms with Crippen LogP contribution in [0, 0.1) is 13.8 Å². The second kappa shape index (κ2) is 5.43. The molecule has 2 heterocycles. The van der Waals surface area contributed by atoms with Gasteiger partial charge >= 0.3 is 0 Å². The summed E-state index contributed by atoms with van der Waals surface area (Å²) in [4.78, 5) is 5.90. The van der Waals surface area contributed by atoms with Gasteiger partial charge in [-0.2, -0.15) is 0 Å². The zero-order valence-electron chi connectivity index (χ0n) is 10.5. The fourth-order valence-corrected chi connectivity index (χ4v) is 2.79. The molecule has 0 amide bonds. The topological polar surface area (TPSA) is 24.9 Å². The van der Waals surface area contributed by atoms with E-state index in [0.29, 0.717) is 0 Å². The molecule has 0 spiro atoms. The van der Waals surface area contributed by atoms with Gasteiger partial charge < -0.3 is 5.32 Å². The molecule has 0 aliphatic heterocycles. The van der Waals surface area contributed by atoms with Gasteiger partial charge in [0, 0.05) is 11.1 Å². The number of aromatic nitrogens is 1. The molecule has 0 aliphatic carbocycles. The minimum Gasteiger partial charge on any atom is -0.305 e. The van der Waals surface area contributed by atoms with Crippen molar-refractivity contribution in [2.45, 2.75) is 26.8 Å². The van der Waals surface area contributed by atoms with Crippen LogP contribution in [0.3, 0.4) is 0 Å². The molecule has 0 saturated carbocycles. The molecule has 2 aromatic heterocycles. The van der Waals surface area contributed by atoms with Crippen molar-refractivity contribution in [1.82, 2.24) is 10.3 Å². The third-order valence-electron chi connectivity index (χ3n) is 2.94. The van der Waals surface area contributed by atoms with Gasteiger partial charge in [-0.25, -0.2) is 0 Å². The minimum atomic E-state index is 0.215. The van der Waals surface area contributed by atoms with Crippen LogP contribution in [0.5, 0.6) is 0 Å². The van der Waals surface area contributed by atoms with E-state index < -0.39 is 0 Å². The summed E-state index contributed by atoms with van der Waals surface area (Å²) in [5, 5.41) is 5.67. The number of aryl methyl sites for hydroxylation is 2. The average molecular weight is 246 g/mol. The second-order valence-corrected chi connectivity index (χ2v) is 5.25. The van der Waals surface area contributed by atoms with Gasteiger partial charge in [-0.15, -0.1) is 11.3 Å². The summed E-state index contributed by atoms with van der Waals surface area (Å²) in [6, 6.07) is 6.52. The van der Waals surface area contributed by atoms with Crippen LogP contribution < -0.4 is 5.32 Å². The van der Waals surface area contributed by atoms with Crippen molar-refractivity contribution in [3.8, 4) is 0 Å². The predicted molar refractivity (Wildman–Crippen MR) is 73.5 cm³/mol. The summed E-state index contributed by atoms with van der Waals surface area (Å²) in [6.45, 7) is 7.36. The first-order chi connectivity index (χ1) is 8.24. The summed E-state index contributed by atoms with van der Waals surface area (Å²) in [5.41, 5.74) is 3.72. The molecule has 17 heavy (non-hydrogen) atoms. The standard InChI is InChI=1S/C14H18N2S/c1-4-15-14(12-7-9-17-11(12)3)13-10(2)6-5-8-16-13/h5-9,14-15H,4H2,1-3H3. The number of rotatable bonds is 4. The lowest BCUT2D eigenvalue weighted by Crippen LogP contribution is -2.23. The summed E-state index contributed by atoms with van der Waals surface area (Å²) in [6.07, 6.45) is 1.87. The molecule has 2 rings (SSSR count). The second-order valence-electron chi connectivity index (χ2n) is 4.13. The third kappa shape index (κ3) is 2.56. The van der Waals surface area contributed by atoms with E-state index in [2.05, 4.69) is 48.6 Å². The van der Waals surface area contributed by atoms with Crippen molar-refractivity contribution in [2.75, 3.05) is 6.54 Å². The number of hydrogen-bond donors (Lipinski definition) is 1. The molecule has 0 bridgehead atoms. The number of hydrogen-bond acceptors (Lipinski definition) is 3. The van der Waals surface area contributed by atoms with Crippen LogP contribution >= 0.6 is 11.3 Å². The minimum absolute atomic E-state index is 0.215. The molecule has 1 N–H and O–H groups in total. The molecule has 0 aliphatic rings. The van der Waals surface area contributed by atoms with E-state index in [1.807, 2.05) is 12.3 Å². The Labute approximate surface area is 107 Å². The van der Waals surface area contributed by atoms with Crippen molar-refractivity contribution in [2.24, 2.45) is 0 Å². The normalized spacial score (nSPS) is 12.6. The Morgan fingerprint density at radius 1 is 1.35 bits per heavy atom. The van der Waals surface area contributed by atoms with Gasteiger partial charge in [-0.1, -0.05) is 13.0 Å². The number of pyridine rings is 1. The Hall–Kier alpha value is -1.19. The van der Waals surface area contributed by atoms with Crippen LogP contribution in [0.2, 0.25) is 0 Å². The van der Waals surface area contributed by atoms with Crippen LogP contribution in [0.15, 0.2) is 29.8 Å². The Kier molecular flexibility index (Phi) is 3.92. The summed E-state index contributed by atoms with van der Waals surface area (Å²) in [5.74, 6) is 0. The van der Waals surface area contributed by atoms with Crippen LogP contribution in [-0.4, -0.2) is 11.5 Å². The maximum absolute atomic E-state index is 4.54. The molecule has 0 saturated heterocycles. The number of nitrogens with one attached hydrogen (secondary N) is 1. The Morgan fingerprint density at radius 3 is 2.76 bits per heavy atom. The van der Waals surface area contributed by atoms with Gasteiger partial charge in [0.05, 0.1) is 11.7 Å². The van der Waals surface area contributed by atoms with E-state index in [1.54, 1.807) is 11.3 Å². The highest BCUT2D eigenvalue weighted by Crippen LogP contribution is 2.28. The molecule has 2 aromatic rings. The van der Waals surface area contributed by atoms with E-state index in [0.717, 1.165) is 12.2 Å². The van der Waals surface area contributed by atoms with Gasteiger partial charge in [0.25, 0.3) is 0 Å². The maximum Gasteiger partial charge on any atom is 0.0764 e. The van der Waals surface area contributed by atoms with Crippen LogP contribution in [-0.2, 0) is 0 Å². The Balaban J connectivity index is 2.43. The highest BCUT2D eigenvalue weighted by molar-refractivity contribution is 7.10. The molecular formula is C14H18N2S. The van der Waals surface area contributed by atoms with Crippen molar-refractivity contribution in [1.29, 1.82) is 0 Å². The lowest BCUT2D eigenvalue weighted by atomic mass is 10.0. The largest absolute Gasteiger partial charge is 0.305 e. The fraction of sp³-hybridized carbons (Fsp3) is 0.357. The van der Waals surface area contributed by atoms with Crippen molar-refractivity contribution < 1.29 is 0 Å². The number of nitrogens with zero attached hydrogens (tertiary/aromatic N) is 1. The Bertz CT molecular complexity index is 490. The SMILES string of the molecule is CCNC(c1ccsc1C)c1ncccc1C. The van der Waals surface area contributed by atoms with Crippen molar-refractivity contribution >= 4 is 11.3 Å². The van der Waals surface area contributed by atoms with Crippen molar-refractivity contribution in [3.63, 3.8) is 0 Å². The molecule has 3 heteroatoms. The van der Waals surface area contributed by atoms with Gasteiger partial charge in [0.2, 0.25) is 0 Å². The van der Waals surface area contributed by atoms with Crippen LogP contribution in [0.25, 0.3) is 0 Å². The zero-order chi connectivity index (χ0) is 12.3. The summed E-state index contributed by atoms with van der Waals surface area (Å²) in [7, 11) is 0. The first-order valence-corrected chi connectivity index (χ1v) is 6.81. The molecular weight excluding hydrogens is 228 g/mol. The van der Waals surface area contributed by atoms with Gasteiger partial charge in [-0.05, 0) is 49.0 Å². The molecule has 1 atom stereocenters. The molecule has 90 valence electrons. The van der Waals surface area contributed by atoms with E-state index >= 15 is 0 Å². The highest BCUT2D eigenvalue weighted by Gasteiger charge is 2.18. The summed E-state index contributed by atoms with van der Waals surface area (Å²) >= 11 is 1.79.